The van der Waals surface area contributed by atoms with Crippen LogP contribution in [0.1, 0.15) is 44.9 Å². The van der Waals surface area contributed by atoms with Crippen molar-refractivity contribution in [2.75, 3.05) is 13.2 Å². The maximum Gasteiger partial charge on any atom is 0.338 e. The molecule has 38 heavy (non-hydrogen) atoms. The lowest BCUT2D eigenvalue weighted by molar-refractivity contribution is -0.143. The first-order valence-electron chi connectivity index (χ1n) is 12.2. The molecule has 0 aliphatic carbocycles. The normalized spacial score (nSPS) is 15.2. The summed E-state index contributed by atoms with van der Waals surface area (Å²) in [4.78, 5) is 32.2. The van der Waals surface area contributed by atoms with Crippen LogP contribution in [0.2, 0.25) is 0 Å². The summed E-state index contributed by atoms with van der Waals surface area (Å²) in [7, 11) is 0. The third-order valence-corrected chi connectivity index (χ3v) is 7.30. The molecular weight excluding hydrogens is 568 g/mol. The highest BCUT2D eigenvalue weighted by Crippen LogP contribution is 2.32. The number of hydrogen-bond acceptors (Lipinski definition) is 7. The maximum atomic E-state index is 13.8. The highest BCUT2D eigenvalue weighted by molar-refractivity contribution is 9.10. The Morgan fingerprint density at radius 2 is 1.95 bits per heavy atom. The van der Waals surface area contributed by atoms with Gasteiger partial charge in [0.2, 0.25) is 0 Å². The van der Waals surface area contributed by atoms with Crippen LogP contribution < -0.4 is 24.4 Å². The largest absolute Gasteiger partial charge is 0.494 e. The van der Waals surface area contributed by atoms with Crippen LogP contribution in [0, 0.1) is 0 Å². The van der Waals surface area contributed by atoms with Crippen molar-refractivity contribution in [2.45, 2.75) is 39.8 Å². The molecule has 0 amide bonds. The van der Waals surface area contributed by atoms with Gasteiger partial charge in [0.15, 0.2) is 4.80 Å². The number of allylic oxidation sites excluding steroid dienone is 1. The van der Waals surface area contributed by atoms with E-state index in [0.29, 0.717) is 45.3 Å². The number of nitrogens with zero attached hydrogens (tertiary/aromatic N) is 2. The van der Waals surface area contributed by atoms with E-state index in [2.05, 4.69) is 27.5 Å². The summed E-state index contributed by atoms with van der Waals surface area (Å²) >= 11 is 4.81. The Morgan fingerprint density at radius 3 is 2.58 bits per heavy atom. The molecule has 2 aromatic carbocycles. The Morgan fingerprint density at radius 1 is 1.21 bits per heavy atom. The molecule has 0 saturated carbocycles. The molecule has 0 saturated heterocycles. The summed E-state index contributed by atoms with van der Waals surface area (Å²) in [5.74, 6) is 0.901. The quantitative estimate of drug-likeness (QED) is 0.259. The van der Waals surface area contributed by atoms with E-state index in [9.17, 15) is 9.59 Å². The molecule has 0 bridgehead atoms. The molecule has 1 aliphatic heterocycles. The minimum atomic E-state index is -0.684. The molecule has 7 nitrogen and oxygen atoms in total. The van der Waals surface area contributed by atoms with Gasteiger partial charge < -0.3 is 14.2 Å². The summed E-state index contributed by atoms with van der Waals surface area (Å²) in [6, 6.07) is 12.3. The van der Waals surface area contributed by atoms with Crippen molar-refractivity contribution in [1.29, 1.82) is 0 Å². The van der Waals surface area contributed by atoms with Gasteiger partial charge in [0, 0.05) is 0 Å². The summed E-state index contributed by atoms with van der Waals surface area (Å²) in [6.07, 6.45) is 3.17. The van der Waals surface area contributed by atoms with Gasteiger partial charge in [-0.15, -0.1) is 0 Å². The minimum Gasteiger partial charge on any atom is -0.494 e. The van der Waals surface area contributed by atoms with Gasteiger partial charge in [0.25, 0.3) is 5.56 Å². The van der Waals surface area contributed by atoms with E-state index < -0.39 is 12.0 Å². The lowest BCUT2D eigenvalue weighted by Gasteiger charge is -2.25. The van der Waals surface area contributed by atoms with E-state index in [4.69, 9.17) is 14.2 Å². The van der Waals surface area contributed by atoms with E-state index in [1.807, 2.05) is 55.5 Å². The Hall–Kier alpha value is -3.43. The van der Waals surface area contributed by atoms with Crippen molar-refractivity contribution >= 4 is 39.3 Å². The number of benzene rings is 2. The maximum absolute atomic E-state index is 13.8. The van der Waals surface area contributed by atoms with Gasteiger partial charge in [-0.3, -0.25) is 9.36 Å². The smallest absolute Gasteiger partial charge is 0.338 e. The third kappa shape index (κ3) is 5.84. The molecule has 3 aromatic rings. The number of halogens is 1. The number of aromatic nitrogens is 1. The average Bonchev–Trinajstić information content (AvgIpc) is 3.17. The third-order valence-electron chi connectivity index (χ3n) is 5.70. The fraction of sp³-hybridized carbons (Fsp3) is 0.276. The molecule has 2 heterocycles. The number of fused-ring (bicyclic) bond motifs is 1. The molecule has 4 rings (SSSR count). The van der Waals surface area contributed by atoms with Crippen molar-refractivity contribution in [3.05, 3.63) is 102 Å². The molecule has 9 heteroatoms. The Balaban J connectivity index is 1.85. The molecule has 1 atom stereocenters. The summed E-state index contributed by atoms with van der Waals surface area (Å²) in [5, 5.41) is 0. The highest BCUT2D eigenvalue weighted by Gasteiger charge is 2.33. The second-order valence-corrected chi connectivity index (χ2v) is 10.7. The monoisotopic (exact) mass is 596 g/mol. The van der Waals surface area contributed by atoms with E-state index in [1.54, 1.807) is 31.4 Å². The number of carbonyl (C=O) groups excluding carboxylic acids is 1. The molecule has 0 radical (unpaired) electrons. The molecular formula is C29H29BrN2O5S. The first-order chi connectivity index (χ1) is 18.2. The predicted molar refractivity (Wildman–Crippen MR) is 152 cm³/mol. The van der Waals surface area contributed by atoms with Crippen molar-refractivity contribution in [1.82, 2.24) is 4.57 Å². The number of hydrogen-bond donors (Lipinski definition) is 0. The van der Waals surface area contributed by atoms with Crippen molar-refractivity contribution in [3.8, 4) is 11.5 Å². The average molecular weight is 598 g/mol. The van der Waals surface area contributed by atoms with E-state index in [-0.39, 0.29) is 11.7 Å². The SMILES string of the molecule is C=CCOc1ccc(/C=c2/sc3n(c2=O)[C@@H](c2ccc(OCC)cc2)C(C(=O)OC(C)C)=C(C)N=3)cc1Br. The molecule has 198 valence electrons. The second-order valence-electron chi connectivity index (χ2n) is 8.83. The summed E-state index contributed by atoms with van der Waals surface area (Å²) < 4.78 is 19.6. The molecule has 0 unspecified atom stereocenters. The van der Waals surface area contributed by atoms with E-state index in [1.165, 1.54) is 11.3 Å². The van der Waals surface area contributed by atoms with Gasteiger partial charge in [-0.1, -0.05) is 42.2 Å². The van der Waals surface area contributed by atoms with Gasteiger partial charge >= 0.3 is 5.97 Å². The van der Waals surface area contributed by atoms with Crippen LogP contribution in [0.25, 0.3) is 6.08 Å². The summed E-state index contributed by atoms with van der Waals surface area (Å²) in [5.41, 5.74) is 2.21. The second kappa shape index (κ2) is 12.0. The number of thiazole rings is 1. The zero-order chi connectivity index (χ0) is 27.4. The fourth-order valence-electron chi connectivity index (χ4n) is 4.11. The van der Waals surface area contributed by atoms with Crippen LogP contribution in [0.5, 0.6) is 11.5 Å². The van der Waals surface area contributed by atoms with Gasteiger partial charge in [0.1, 0.15) is 18.1 Å². The van der Waals surface area contributed by atoms with Gasteiger partial charge in [-0.05, 0) is 85.1 Å². The van der Waals surface area contributed by atoms with Crippen molar-refractivity contribution in [2.24, 2.45) is 4.99 Å². The first-order valence-corrected chi connectivity index (χ1v) is 13.8. The Bertz CT molecular complexity index is 1570. The molecule has 1 aromatic heterocycles. The van der Waals surface area contributed by atoms with Gasteiger partial charge in [-0.25, -0.2) is 9.79 Å². The van der Waals surface area contributed by atoms with Crippen LogP contribution in [0.15, 0.2) is 80.6 Å². The molecule has 0 N–H and O–H groups in total. The topological polar surface area (TPSA) is 79.1 Å². The van der Waals surface area contributed by atoms with Crippen LogP contribution in [0.4, 0.5) is 0 Å². The van der Waals surface area contributed by atoms with Crippen LogP contribution >= 0.6 is 27.3 Å². The van der Waals surface area contributed by atoms with E-state index >= 15 is 0 Å². The standard InChI is InChI=1S/C29H29BrN2O5S/c1-6-14-36-23-13-8-19(15-22(23)30)16-24-27(33)32-26(20-9-11-21(12-10-20)35-7-2)25(28(34)37-17(3)4)18(5)31-29(32)38-24/h6,8-13,15-17,26H,1,7,14H2,2-5H3/b24-16+/t26-/m0/s1. The highest BCUT2D eigenvalue weighted by atomic mass is 79.9. The number of rotatable bonds is 9. The number of carbonyl (C=O) groups is 1. The van der Waals surface area contributed by atoms with E-state index in [0.717, 1.165) is 15.6 Å². The van der Waals surface area contributed by atoms with Crippen LogP contribution in [-0.2, 0) is 9.53 Å². The van der Waals surface area contributed by atoms with Crippen LogP contribution in [0.3, 0.4) is 0 Å². The summed E-state index contributed by atoms with van der Waals surface area (Å²) in [6.45, 7) is 11.9. The molecule has 0 fully saturated rings. The zero-order valence-corrected chi connectivity index (χ0v) is 24.1. The van der Waals surface area contributed by atoms with Gasteiger partial charge in [0.05, 0.1) is 39.0 Å². The first kappa shape index (κ1) is 27.6. The lowest BCUT2D eigenvalue weighted by atomic mass is 9.96. The number of ether oxygens (including phenoxy) is 3. The molecule has 0 spiro atoms. The molecule has 1 aliphatic rings. The fourth-order valence-corrected chi connectivity index (χ4v) is 5.67. The van der Waals surface area contributed by atoms with Crippen molar-refractivity contribution in [3.63, 3.8) is 0 Å². The number of esters is 1. The van der Waals surface area contributed by atoms with Crippen LogP contribution in [-0.4, -0.2) is 29.9 Å². The van der Waals surface area contributed by atoms with Gasteiger partial charge in [-0.2, -0.15) is 0 Å². The predicted octanol–water partition coefficient (Wildman–Crippen LogP) is 4.91. The minimum absolute atomic E-state index is 0.238. The lowest BCUT2D eigenvalue weighted by Crippen LogP contribution is -2.40. The Labute approximate surface area is 233 Å². The van der Waals surface area contributed by atoms with Crippen molar-refractivity contribution < 1.29 is 19.0 Å². The Kier molecular flexibility index (Phi) is 8.69. The zero-order valence-electron chi connectivity index (χ0n) is 21.7.